The van der Waals surface area contributed by atoms with Crippen molar-refractivity contribution in [3.63, 3.8) is 0 Å². The van der Waals surface area contributed by atoms with Gasteiger partial charge in [-0.15, -0.1) is 0 Å². The van der Waals surface area contributed by atoms with Crippen LogP contribution in [0, 0.1) is 0 Å². The summed E-state index contributed by atoms with van der Waals surface area (Å²) in [5, 5.41) is 3.67. The van der Waals surface area contributed by atoms with Gasteiger partial charge >= 0.3 is 0 Å². The molecular formula is C22H22ClN3O3. The molecule has 1 aliphatic rings. The zero-order chi connectivity index (χ0) is 20.1. The topological polar surface area (TPSA) is 67.6 Å². The minimum absolute atomic E-state index is 0.0192. The molecule has 1 N–H and O–H groups in total. The van der Waals surface area contributed by atoms with Crippen LogP contribution in [0.5, 0.6) is 0 Å². The van der Waals surface area contributed by atoms with E-state index >= 15 is 0 Å². The zero-order valence-corrected chi connectivity index (χ0v) is 16.6. The second-order valence-corrected chi connectivity index (χ2v) is 7.19. The number of para-hydroxylation sites is 2. The molecule has 0 saturated carbocycles. The third-order valence-electron chi connectivity index (χ3n) is 4.91. The highest BCUT2D eigenvalue weighted by Crippen LogP contribution is 2.27. The molecule has 0 aliphatic carbocycles. The van der Waals surface area contributed by atoms with E-state index in [1.807, 2.05) is 48.5 Å². The summed E-state index contributed by atoms with van der Waals surface area (Å²) in [7, 11) is 0. The fraction of sp³-hybridized carbons (Fsp3) is 0.273. The van der Waals surface area contributed by atoms with Crippen LogP contribution in [0.2, 0.25) is 5.02 Å². The quantitative estimate of drug-likeness (QED) is 0.626. The van der Waals surface area contributed by atoms with Crippen molar-refractivity contribution in [3.8, 4) is 0 Å². The van der Waals surface area contributed by atoms with E-state index in [4.69, 9.17) is 20.8 Å². The number of rotatable bonds is 6. The minimum Gasteiger partial charge on any atom is -0.437 e. The number of oxazole rings is 1. The van der Waals surface area contributed by atoms with Crippen LogP contribution in [0.25, 0.3) is 17.2 Å². The van der Waals surface area contributed by atoms with Gasteiger partial charge in [0.05, 0.1) is 19.3 Å². The number of nitrogens with zero attached hydrogens (tertiary/aromatic N) is 2. The first-order valence-electron chi connectivity index (χ1n) is 9.58. The van der Waals surface area contributed by atoms with Gasteiger partial charge in [0.1, 0.15) is 5.52 Å². The van der Waals surface area contributed by atoms with Gasteiger partial charge in [-0.05, 0) is 23.8 Å². The molecule has 29 heavy (non-hydrogen) atoms. The first kappa shape index (κ1) is 19.6. The van der Waals surface area contributed by atoms with Crippen molar-refractivity contribution >= 4 is 34.7 Å². The van der Waals surface area contributed by atoms with E-state index in [0.29, 0.717) is 36.3 Å². The Labute approximate surface area is 174 Å². The molecule has 2 aromatic carbocycles. The van der Waals surface area contributed by atoms with Gasteiger partial charge < -0.3 is 14.5 Å². The van der Waals surface area contributed by atoms with Gasteiger partial charge in [0.2, 0.25) is 11.8 Å². The Bertz CT molecular complexity index is 978. The van der Waals surface area contributed by atoms with Crippen LogP contribution in [0.15, 0.2) is 59.0 Å². The Morgan fingerprint density at radius 3 is 2.72 bits per heavy atom. The number of benzene rings is 2. The number of morpholine rings is 1. The predicted octanol–water partition coefficient (Wildman–Crippen LogP) is 3.68. The molecule has 0 radical (unpaired) electrons. The Kier molecular flexibility index (Phi) is 6.24. The molecule has 1 saturated heterocycles. The molecule has 4 rings (SSSR count). The number of aromatic nitrogens is 1. The summed E-state index contributed by atoms with van der Waals surface area (Å²) >= 11 is 6.43. The van der Waals surface area contributed by atoms with E-state index in [0.717, 1.165) is 24.2 Å². The van der Waals surface area contributed by atoms with Crippen LogP contribution in [-0.2, 0) is 9.53 Å². The van der Waals surface area contributed by atoms with Crippen LogP contribution in [0.1, 0.15) is 17.5 Å². The number of amides is 1. The Morgan fingerprint density at radius 2 is 1.93 bits per heavy atom. The van der Waals surface area contributed by atoms with Gasteiger partial charge in [-0.3, -0.25) is 9.69 Å². The second kappa shape index (κ2) is 9.22. The largest absolute Gasteiger partial charge is 0.437 e. The molecular weight excluding hydrogens is 390 g/mol. The molecule has 0 spiro atoms. The highest BCUT2D eigenvalue weighted by molar-refractivity contribution is 6.31. The number of nitrogens with one attached hydrogen (secondary N) is 1. The van der Waals surface area contributed by atoms with Crippen LogP contribution in [-0.4, -0.2) is 48.6 Å². The van der Waals surface area contributed by atoms with Gasteiger partial charge in [0.15, 0.2) is 5.58 Å². The van der Waals surface area contributed by atoms with Crippen molar-refractivity contribution in [1.29, 1.82) is 0 Å². The minimum atomic E-state index is -0.211. The van der Waals surface area contributed by atoms with Gasteiger partial charge in [0, 0.05) is 36.8 Å². The zero-order valence-electron chi connectivity index (χ0n) is 15.9. The standard InChI is InChI=1S/C22H22ClN3O3/c23-17-6-2-1-5-16(17)19(26-11-13-28-14-12-26)15-24-21(27)9-10-22-25-18-7-3-4-8-20(18)29-22/h1-10,19H,11-15H2,(H,24,27)/b10-9+. The van der Waals surface area contributed by atoms with Crippen LogP contribution >= 0.6 is 11.6 Å². The smallest absolute Gasteiger partial charge is 0.244 e. The molecule has 2 heterocycles. The molecule has 3 aromatic rings. The Balaban J connectivity index is 1.43. The molecule has 1 aromatic heterocycles. The maximum absolute atomic E-state index is 12.4. The summed E-state index contributed by atoms with van der Waals surface area (Å²) in [5.74, 6) is 0.190. The molecule has 1 atom stereocenters. The average molecular weight is 412 g/mol. The van der Waals surface area contributed by atoms with Gasteiger partial charge in [-0.1, -0.05) is 41.9 Å². The van der Waals surface area contributed by atoms with E-state index in [1.54, 1.807) is 6.08 Å². The van der Waals surface area contributed by atoms with Gasteiger partial charge in [-0.2, -0.15) is 0 Å². The number of carbonyl (C=O) groups excluding carboxylic acids is 1. The summed E-state index contributed by atoms with van der Waals surface area (Å²) < 4.78 is 11.1. The van der Waals surface area contributed by atoms with E-state index in [2.05, 4.69) is 15.2 Å². The normalized spacial score (nSPS) is 16.3. The van der Waals surface area contributed by atoms with Crippen LogP contribution < -0.4 is 5.32 Å². The Hall–Kier alpha value is -2.67. The molecule has 7 heteroatoms. The summed E-state index contributed by atoms with van der Waals surface area (Å²) in [6.07, 6.45) is 3.02. The first-order valence-corrected chi connectivity index (χ1v) is 9.96. The van der Waals surface area contributed by atoms with Gasteiger partial charge in [-0.25, -0.2) is 4.98 Å². The SMILES string of the molecule is O=C(/C=C/c1nc2ccccc2o1)NCC(c1ccccc1Cl)N1CCOCC1. The molecule has 150 valence electrons. The second-order valence-electron chi connectivity index (χ2n) is 6.78. The van der Waals surface area contributed by atoms with E-state index in [1.165, 1.54) is 6.08 Å². The number of hydrogen-bond acceptors (Lipinski definition) is 5. The number of halogens is 1. The molecule has 1 amide bonds. The lowest BCUT2D eigenvalue weighted by Crippen LogP contribution is -2.43. The maximum atomic E-state index is 12.4. The average Bonchev–Trinajstić information content (AvgIpc) is 3.17. The van der Waals surface area contributed by atoms with Crippen LogP contribution in [0.4, 0.5) is 0 Å². The van der Waals surface area contributed by atoms with Crippen molar-refractivity contribution in [1.82, 2.24) is 15.2 Å². The summed E-state index contributed by atoms with van der Waals surface area (Å²) in [6, 6.07) is 15.2. The fourth-order valence-electron chi connectivity index (χ4n) is 3.43. The molecule has 0 bridgehead atoms. The molecule has 1 unspecified atom stereocenters. The van der Waals surface area contributed by atoms with Crippen molar-refractivity contribution in [2.45, 2.75) is 6.04 Å². The lowest BCUT2D eigenvalue weighted by Gasteiger charge is -2.35. The van der Waals surface area contributed by atoms with Crippen LogP contribution in [0.3, 0.4) is 0 Å². The molecule has 1 aliphatic heterocycles. The highest BCUT2D eigenvalue weighted by Gasteiger charge is 2.24. The summed E-state index contributed by atoms with van der Waals surface area (Å²) in [4.78, 5) is 19.0. The summed E-state index contributed by atoms with van der Waals surface area (Å²) in [6.45, 7) is 3.38. The summed E-state index contributed by atoms with van der Waals surface area (Å²) in [5.41, 5.74) is 2.46. The van der Waals surface area contributed by atoms with Crippen molar-refractivity contribution in [2.24, 2.45) is 0 Å². The number of hydrogen-bond donors (Lipinski definition) is 1. The monoisotopic (exact) mass is 411 g/mol. The van der Waals surface area contributed by atoms with Crippen molar-refractivity contribution in [3.05, 3.63) is 71.1 Å². The van der Waals surface area contributed by atoms with E-state index < -0.39 is 0 Å². The third kappa shape index (κ3) is 4.85. The highest BCUT2D eigenvalue weighted by atomic mass is 35.5. The van der Waals surface area contributed by atoms with E-state index in [-0.39, 0.29) is 11.9 Å². The lowest BCUT2D eigenvalue weighted by atomic mass is 10.0. The van der Waals surface area contributed by atoms with Gasteiger partial charge in [0.25, 0.3) is 0 Å². The lowest BCUT2D eigenvalue weighted by molar-refractivity contribution is -0.116. The molecule has 1 fully saturated rings. The Morgan fingerprint density at radius 1 is 1.17 bits per heavy atom. The van der Waals surface area contributed by atoms with E-state index in [9.17, 15) is 4.79 Å². The number of ether oxygens (including phenoxy) is 1. The molecule has 6 nitrogen and oxygen atoms in total. The maximum Gasteiger partial charge on any atom is 0.244 e. The van der Waals surface area contributed by atoms with Crippen molar-refractivity contribution < 1.29 is 13.9 Å². The third-order valence-corrected chi connectivity index (χ3v) is 5.25. The van der Waals surface area contributed by atoms with Crippen molar-refractivity contribution in [2.75, 3.05) is 32.8 Å². The fourth-order valence-corrected chi connectivity index (χ4v) is 3.70. The number of fused-ring (bicyclic) bond motifs is 1. The predicted molar refractivity (Wildman–Crippen MR) is 113 cm³/mol. The first-order chi connectivity index (χ1) is 14.2. The number of carbonyl (C=O) groups is 1.